The number of nitriles is 1. The van der Waals surface area contributed by atoms with Gasteiger partial charge >= 0.3 is 0 Å². The molecule has 4 spiro atoms. The van der Waals surface area contributed by atoms with Gasteiger partial charge in [0.2, 0.25) is 0 Å². The Balaban J connectivity index is 0.000000117. The number of amidine groups is 1. The number of aromatic nitrogens is 6. The Morgan fingerprint density at radius 1 is 0.537 bits per heavy atom. The standard InChI is InChI=1S/C22H26N4O2.C20H21BrN4O.C20H22N4O2.C14H10BrClN2O.C6H12N2.ClH/c1-2-28-15-6-7-16-14(11-15)9-10-22(16)12-17-19(21(27)26-22)20(23)25-18(24-17)8-5-13-3-4-13;21-13-4-5-14-12(9-13)7-8-20(14)10-15-17(19(26)25-20)18(22)24-16(23-15)6-3-11-1-2-11;21-18-17-15(22-16(23-18)6-3-11-1-2-11)10-20(24-19(17)26)8-7-12-9-13(25)4-5-14(12)20;15-9-1-2-11-8(5-9)3-4-14(11)6-12(16)10(7-17)13(19)18-14;7-6(8)4-3-5-1-2-5;/h6-7,11,13H,2-5,8-10,12H2,1H3,(H,26,27)(H2,23,24,25);4-5,9,11H,1-3,6-8,10H2,(H,25,26)(H2,22,23,24);4-5,9,11,25H,1-3,6-8,10H2,(H,24,26)(H2,21,22,23);1-2,5H,3-4,6H2,(H,18,19);5H,1-4H2,(H3,7,8);1H/t22-;2*20-;14-;;/m0000../s1. The second-order valence-corrected chi connectivity index (χ2v) is 33.7. The van der Waals surface area contributed by atoms with Crippen LogP contribution in [0.3, 0.4) is 0 Å². The predicted octanol–water partition coefficient (Wildman–Crippen LogP) is 13.1. The van der Waals surface area contributed by atoms with Crippen LogP contribution in [0.5, 0.6) is 11.5 Å². The van der Waals surface area contributed by atoms with Gasteiger partial charge in [-0.15, -0.1) is 12.4 Å². The molecule has 4 atom stereocenters. The molecule has 14 N–H and O–H groups in total. The monoisotopic (exact) mass is 1620 g/mol. The summed E-state index contributed by atoms with van der Waals surface area (Å²) in [5.74, 6) is 7.22. The number of ether oxygens (including phenoxy) is 1. The average Bonchev–Trinajstić information content (AvgIpc) is 1.51. The number of halogens is 4. The van der Waals surface area contributed by atoms with Gasteiger partial charge in [0, 0.05) is 65.3 Å². The number of benzene rings is 4. The summed E-state index contributed by atoms with van der Waals surface area (Å²) in [5, 5.41) is 38.6. The average molecular weight is 1630 g/mol. The number of nitrogens with one attached hydrogen (secondary N) is 5. The van der Waals surface area contributed by atoms with Crippen molar-refractivity contribution in [1.29, 1.82) is 10.7 Å². The van der Waals surface area contributed by atoms with Crippen molar-refractivity contribution < 1.29 is 29.0 Å². The van der Waals surface area contributed by atoms with Gasteiger partial charge in [-0.1, -0.05) is 119 Å². The zero-order chi connectivity index (χ0) is 74.7. The Hall–Kier alpha value is -8.76. The number of carbonyl (C=O) groups excluding carboxylic acids is 4. The van der Waals surface area contributed by atoms with Crippen molar-refractivity contribution in [1.82, 2.24) is 51.2 Å². The van der Waals surface area contributed by atoms with Gasteiger partial charge in [0.1, 0.15) is 74.8 Å². The van der Waals surface area contributed by atoms with Crippen LogP contribution in [0.1, 0.15) is 233 Å². The molecule has 12 aliphatic rings. The smallest absolute Gasteiger partial charge is 0.263 e. The van der Waals surface area contributed by atoms with Crippen LogP contribution in [0.4, 0.5) is 17.5 Å². The highest BCUT2D eigenvalue weighted by atomic mass is 79.9. The van der Waals surface area contributed by atoms with E-state index >= 15 is 0 Å². The van der Waals surface area contributed by atoms with Crippen molar-refractivity contribution >= 4 is 103 Å². The highest BCUT2D eigenvalue weighted by molar-refractivity contribution is 9.10. The summed E-state index contributed by atoms with van der Waals surface area (Å²) < 4.78 is 7.75. The van der Waals surface area contributed by atoms with Crippen molar-refractivity contribution in [2.24, 2.45) is 29.4 Å². The zero-order valence-electron chi connectivity index (χ0n) is 60.7. The first-order chi connectivity index (χ1) is 51.5. The van der Waals surface area contributed by atoms with E-state index in [4.69, 9.17) is 64.9 Å². The Morgan fingerprint density at radius 2 is 0.889 bits per heavy atom. The number of rotatable bonds is 14. The van der Waals surface area contributed by atoms with E-state index in [2.05, 4.69) is 98.4 Å². The molecule has 4 amide bonds. The van der Waals surface area contributed by atoms with Gasteiger partial charge in [0.25, 0.3) is 23.6 Å². The van der Waals surface area contributed by atoms with E-state index in [0.717, 1.165) is 192 Å². The van der Waals surface area contributed by atoms with Crippen molar-refractivity contribution in [3.05, 3.63) is 188 Å². The number of aryl methyl sites for hydroxylation is 7. The lowest BCUT2D eigenvalue weighted by atomic mass is 9.82. The van der Waals surface area contributed by atoms with Crippen molar-refractivity contribution in [3.8, 4) is 17.6 Å². The molecule has 4 fully saturated rings. The van der Waals surface area contributed by atoms with Crippen LogP contribution in [0.15, 0.2) is 92.3 Å². The molecule has 4 aromatic carbocycles. The molecule has 0 saturated heterocycles. The Bertz CT molecular complexity index is 4710. The second-order valence-electron chi connectivity index (χ2n) is 31.4. The quantitative estimate of drug-likeness (QED) is 0.0357. The van der Waals surface area contributed by atoms with E-state index in [1.807, 2.05) is 43.3 Å². The molecule has 22 nitrogen and oxygen atoms in total. The molecule has 19 rings (SSSR count). The molecule has 108 heavy (non-hydrogen) atoms. The third-order valence-corrected chi connectivity index (χ3v) is 24.9. The minimum atomic E-state index is -0.457. The third-order valence-electron chi connectivity index (χ3n) is 23.6. The molecule has 564 valence electrons. The Morgan fingerprint density at radius 3 is 1.26 bits per heavy atom. The number of amides is 4. The predicted molar refractivity (Wildman–Crippen MR) is 422 cm³/mol. The first kappa shape index (κ1) is 76.0. The van der Waals surface area contributed by atoms with Gasteiger partial charge in [0.15, 0.2) is 0 Å². The fourth-order valence-electron chi connectivity index (χ4n) is 17.3. The minimum absolute atomic E-state index is 0. The lowest BCUT2D eigenvalue weighted by molar-refractivity contribution is -0.119. The Kier molecular flexibility index (Phi) is 21.8. The number of phenols is 1. The van der Waals surface area contributed by atoms with Crippen molar-refractivity contribution in [2.45, 2.75) is 209 Å². The number of phenolic OH excluding ortho intramolecular Hbond substituents is 1. The van der Waals surface area contributed by atoms with E-state index in [-0.39, 0.29) is 58.7 Å². The molecule has 26 heteroatoms. The maximum absolute atomic E-state index is 12.9. The SMILES string of the molecule is CCOc1ccc2c(c1)CC[C@]21Cc2nc(CCC3CC3)nc(N)c2C(=O)N1.Cl.N#CC1=C(Cl)C[C@]2(CCc3cc(Br)ccc32)NC1=O.N=C(N)CCC1CC1.Nc1nc(CCC2CC2)nc2c1C(=O)N[C@@]1(CCc3cc(Br)ccc31)C2.Nc1nc(CCC2CC2)nc2c1C(=O)N[C@@]1(CCc3cc(O)ccc31)C2. The number of carbonyl (C=O) groups is 4. The summed E-state index contributed by atoms with van der Waals surface area (Å²) in [5.41, 5.74) is 35.1. The molecule has 7 aromatic rings. The molecule has 4 saturated carbocycles. The van der Waals surface area contributed by atoms with Crippen molar-refractivity contribution in [2.75, 3.05) is 23.8 Å². The number of hydrogen-bond donors (Lipinski definition) is 10. The van der Waals surface area contributed by atoms with E-state index in [9.17, 15) is 24.3 Å². The number of fused-ring (bicyclic) bond motifs is 11. The maximum atomic E-state index is 12.9. The fourth-order valence-corrected chi connectivity index (χ4v) is 18.5. The molecular formula is C82H92Br2Cl2N16O6. The van der Waals surface area contributed by atoms with Crippen molar-refractivity contribution in [3.63, 3.8) is 0 Å². The maximum Gasteiger partial charge on any atom is 0.263 e. The summed E-state index contributed by atoms with van der Waals surface area (Å²) in [7, 11) is 0. The number of nitrogens with zero attached hydrogens (tertiary/aromatic N) is 7. The number of hydrogen-bond acceptors (Lipinski definition) is 17. The molecule has 0 unspecified atom stereocenters. The van der Waals surface area contributed by atoms with E-state index in [1.54, 1.807) is 12.1 Å². The number of nitrogens with two attached hydrogens (primary N) is 4. The van der Waals surface area contributed by atoms with Gasteiger partial charge in [0.05, 0.1) is 51.7 Å². The van der Waals surface area contributed by atoms with Crippen LogP contribution in [0.25, 0.3) is 0 Å². The first-order valence-electron chi connectivity index (χ1n) is 38.0. The number of nitrogen functional groups attached to an aromatic ring is 3. The second kappa shape index (κ2) is 31.0. The van der Waals surface area contributed by atoms with E-state index in [1.165, 1.54) is 79.2 Å². The largest absolute Gasteiger partial charge is 0.508 e. The summed E-state index contributed by atoms with van der Waals surface area (Å²) in [6, 6.07) is 25.8. The first-order valence-corrected chi connectivity index (χ1v) is 40.0. The van der Waals surface area contributed by atoms with Crippen LogP contribution >= 0.6 is 55.9 Å². The highest BCUT2D eigenvalue weighted by Crippen LogP contribution is 2.49. The van der Waals surface area contributed by atoms with Gasteiger partial charge in [-0.25, -0.2) is 29.9 Å². The normalized spacial score (nSPS) is 23.1. The molecular weight excluding hydrogens is 1540 g/mol. The Labute approximate surface area is 657 Å². The molecule has 0 radical (unpaired) electrons. The molecule has 0 bridgehead atoms. The lowest BCUT2D eigenvalue weighted by Gasteiger charge is -2.36. The minimum Gasteiger partial charge on any atom is -0.508 e. The van der Waals surface area contributed by atoms with Gasteiger partial charge in [-0.05, 0) is 201 Å². The van der Waals surface area contributed by atoms with Crippen LogP contribution in [0.2, 0.25) is 0 Å². The fraction of sp³-hybridized carbons (Fsp3) is 0.463. The summed E-state index contributed by atoms with van der Waals surface area (Å²) in [6.07, 6.45) is 27.8. The molecule has 3 aromatic heterocycles. The molecule has 7 heterocycles. The van der Waals surface area contributed by atoms with Crippen LogP contribution in [-0.4, -0.2) is 71.1 Å². The van der Waals surface area contributed by atoms with Crippen LogP contribution in [-0.2, 0) is 91.2 Å². The molecule has 4 aliphatic heterocycles. The molecule has 8 aliphatic carbocycles. The number of anilines is 3. The topological polar surface area (TPSA) is 375 Å². The number of aromatic hydroxyl groups is 1. The van der Waals surface area contributed by atoms with Gasteiger partial charge in [-0.3, -0.25) is 24.6 Å². The third kappa shape index (κ3) is 16.1. The summed E-state index contributed by atoms with van der Waals surface area (Å²) >= 11 is 13.1. The summed E-state index contributed by atoms with van der Waals surface area (Å²) in [4.78, 5) is 78.1. The zero-order valence-corrected chi connectivity index (χ0v) is 65.5. The summed E-state index contributed by atoms with van der Waals surface area (Å²) in [6.45, 7) is 2.63. The van der Waals surface area contributed by atoms with Crippen LogP contribution < -0.4 is 48.9 Å². The highest BCUT2D eigenvalue weighted by Gasteiger charge is 2.50. The van der Waals surface area contributed by atoms with E-state index in [0.29, 0.717) is 71.5 Å². The van der Waals surface area contributed by atoms with Gasteiger partial charge < -0.3 is 54.0 Å². The lowest BCUT2D eigenvalue weighted by Crippen LogP contribution is -2.50. The van der Waals surface area contributed by atoms with Crippen LogP contribution in [0, 0.1) is 40.4 Å². The van der Waals surface area contributed by atoms with Gasteiger partial charge in [-0.2, -0.15) is 5.26 Å². The van der Waals surface area contributed by atoms with E-state index < -0.39 is 16.6 Å².